The maximum absolute atomic E-state index is 4.84. The molecule has 0 atom stereocenters. The monoisotopic (exact) mass is 116 g/mol. The molecule has 3 heteroatoms. The molecule has 0 aliphatic carbocycles. The van der Waals surface area contributed by atoms with Gasteiger partial charge in [0.05, 0.1) is 13.7 Å². The highest BCUT2D eigenvalue weighted by molar-refractivity contribution is 8.01. The first-order valence-corrected chi connectivity index (χ1v) is 2.75. The molecule has 0 aromatic heterocycles. The zero-order chi connectivity index (χ0) is 5.11. The van der Waals surface area contributed by atoms with Crippen molar-refractivity contribution in [1.29, 1.82) is 0 Å². The van der Waals surface area contributed by atoms with Crippen molar-refractivity contribution in [3.8, 4) is 0 Å². The normalized spacial score (nSPS) is 19.3. The van der Waals surface area contributed by atoms with Gasteiger partial charge in [0, 0.05) is 0 Å². The Morgan fingerprint density at radius 1 is 1.86 bits per heavy atom. The average molecular weight is 116 g/mol. The third-order valence-electron chi connectivity index (χ3n) is 0.648. The number of hydrogen-bond acceptors (Lipinski definition) is 3. The van der Waals surface area contributed by atoms with Crippen molar-refractivity contribution in [2.24, 2.45) is 0 Å². The third-order valence-corrected chi connectivity index (χ3v) is 1.41. The van der Waals surface area contributed by atoms with Gasteiger partial charge in [-0.15, -0.1) is 0 Å². The van der Waals surface area contributed by atoms with E-state index in [1.165, 1.54) is 11.9 Å². The smallest absolute Gasteiger partial charge is 0.165 e. The molecule has 0 aromatic rings. The Bertz CT molecular complexity index is 91.7. The molecule has 0 spiro atoms. The van der Waals surface area contributed by atoms with E-state index >= 15 is 0 Å². The molecule has 0 saturated heterocycles. The van der Waals surface area contributed by atoms with E-state index in [0.717, 1.165) is 5.09 Å². The van der Waals surface area contributed by atoms with Crippen molar-refractivity contribution in [2.45, 2.75) is 0 Å². The molecule has 0 bridgehead atoms. The van der Waals surface area contributed by atoms with Gasteiger partial charge in [-0.3, -0.25) is 0 Å². The second-order valence-corrected chi connectivity index (χ2v) is 1.92. The molecular formula is C4H6NOS. The zero-order valence-corrected chi connectivity index (χ0v) is 4.79. The van der Waals surface area contributed by atoms with Gasteiger partial charge >= 0.3 is 0 Å². The highest BCUT2D eigenvalue weighted by atomic mass is 32.2. The largest absolute Gasteiger partial charge is 0.490 e. The molecule has 39 valence electrons. The molecule has 1 N–H and O–H groups in total. The summed E-state index contributed by atoms with van der Waals surface area (Å²) < 4.78 is 7.74. The number of ether oxygens (including phenoxy) is 1. The van der Waals surface area contributed by atoms with Gasteiger partial charge in [0.2, 0.25) is 0 Å². The van der Waals surface area contributed by atoms with Gasteiger partial charge < -0.3 is 4.74 Å². The van der Waals surface area contributed by atoms with Crippen LogP contribution in [0.2, 0.25) is 0 Å². The van der Waals surface area contributed by atoms with E-state index in [4.69, 9.17) is 4.74 Å². The minimum atomic E-state index is 0.917. The van der Waals surface area contributed by atoms with Crippen molar-refractivity contribution in [1.82, 2.24) is 4.72 Å². The molecule has 1 heterocycles. The van der Waals surface area contributed by atoms with Crippen LogP contribution in [-0.4, -0.2) is 7.11 Å². The maximum atomic E-state index is 4.84. The summed E-state index contributed by atoms with van der Waals surface area (Å²) in [6.45, 7) is 1.84. The first kappa shape index (κ1) is 5.00. The first-order chi connectivity index (χ1) is 3.43. The first-order valence-electron chi connectivity index (χ1n) is 1.93. The molecule has 1 aliphatic rings. The Morgan fingerprint density at radius 2 is 2.71 bits per heavy atom. The molecular weight excluding hydrogens is 110 g/mol. The van der Waals surface area contributed by atoms with Gasteiger partial charge in [-0.25, -0.2) is 4.72 Å². The van der Waals surface area contributed by atoms with Crippen LogP contribution < -0.4 is 4.72 Å². The zero-order valence-electron chi connectivity index (χ0n) is 3.97. The molecule has 0 saturated carbocycles. The quantitative estimate of drug-likeness (QED) is 0.514. The summed E-state index contributed by atoms with van der Waals surface area (Å²) in [6.07, 6.45) is 1.88. The topological polar surface area (TPSA) is 21.3 Å². The fraction of sp³-hybridized carbons (Fsp3) is 0.250. The summed E-state index contributed by atoms with van der Waals surface area (Å²) in [5.74, 6) is 0. The summed E-state index contributed by atoms with van der Waals surface area (Å²) in [6, 6.07) is 0. The van der Waals surface area contributed by atoms with Gasteiger partial charge in [0.25, 0.3) is 0 Å². The minimum Gasteiger partial charge on any atom is -0.490 e. The lowest BCUT2D eigenvalue weighted by Crippen LogP contribution is -1.86. The predicted molar refractivity (Wildman–Crippen MR) is 30.1 cm³/mol. The van der Waals surface area contributed by atoms with Crippen LogP contribution in [-0.2, 0) is 4.74 Å². The third kappa shape index (κ3) is 1.11. The Kier molecular flexibility index (Phi) is 1.59. The predicted octanol–water partition coefficient (Wildman–Crippen LogP) is 0.887. The van der Waals surface area contributed by atoms with E-state index in [2.05, 4.69) is 4.72 Å². The standard InChI is InChI=1S/C4H6NOS/c1-6-4-2-3-5-7-4/h2-3,5H,1H3. The molecule has 0 fully saturated rings. The van der Waals surface area contributed by atoms with Gasteiger partial charge in [-0.1, -0.05) is 0 Å². The second-order valence-electron chi connectivity index (χ2n) is 1.08. The lowest BCUT2D eigenvalue weighted by Gasteiger charge is -1.93. The van der Waals surface area contributed by atoms with Crippen molar-refractivity contribution in [3.63, 3.8) is 0 Å². The van der Waals surface area contributed by atoms with Crippen LogP contribution in [0, 0.1) is 6.54 Å². The fourth-order valence-electron chi connectivity index (χ4n) is 0.338. The fourth-order valence-corrected chi connectivity index (χ4v) is 0.810. The van der Waals surface area contributed by atoms with E-state index in [1.807, 2.05) is 12.6 Å². The second kappa shape index (κ2) is 2.23. The van der Waals surface area contributed by atoms with Crippen molar-refractivity contribution >= 4 is 11.9 Å². The summed E-state index contributed by atoms with van der Waals surface area (Å²) in [4.78, 5) is 0. The van der Waals surface area contributed by atoms with Crippen LogP contribution in [0.25, 0.3) is 0 Å². The summed E-state index contributed by atoms with van der Waals surface area (Å²) in [7, 11) is 1.65. The molecule has 7 heavy (non-hydrogen) atoms. The molecule has 1 aliphatic heterocycles. The van der Waals surface area contributed by atoms with Gasteiger partial charge in [-0.05, 0) is 18.0 Å². The highest BCUT2D eigenvalue weighted by Crippen LogP contribution is 2.17. The summed E-state index contributed by atoms with van der Waals surface area (Å²) >= 11 is 1.48. The van der Waals surface area contributed by atoms with Crippen molar-refractivity contribution in [3.05, 3.63) is 17.7 Å². The summed E-state index contributed by atoms with van der Waals surface area (Å²) in [5, 5.41) is 0.917. The van der Waals surface area contributed by atoms with Crippen LogP contribution >= 0.6 is 11.9 Å². The number of rotatable bonds is 1. The number of nitrogens with one attached hydrogen (secondary N) is 1. The van der Waals surface area contributed by atoms with Crippen LogP contribution in [0.15, 0.2) is 11.2 Å². The Hall–Kier alpha value is -0.150. The van der Waals surface area contributed by atoms with E-state index in [9.17, 15) is 0 Å². The molecule has 0 aromatic carbocycles. The van der Waals surface area contributed by atoms with Crippen molar-refractivity contribution in [2.75, 3.05) is 7.11 Å². The van der Waals surface area contributed by atoms with Crippen LogP contribution in [0.1, 0.15) is 0 Å². The number of hydrogen-bond donors (Lipinski definition) is 1. The average Bonchev–Trinajstić information content (AvgIpc) is 2.14. The minimum absolute atomic E-state index is 0.917. The lowest BCUT2D eigenvalue weighted by molar-refractivity contribution is 0.325. The Morgan fingerprint density at radius 3 is 3.00 bits per heavy atom. The SMILES string of the molecule is COC1=C[CH]NS1. The Labute approximate surface area is 47.1 Å². The molecule has 0 amide bonds. The number of methoxy groups -OCH3 is 1. The Balaban J connectivity index is 2.36. The van der Waals surface area contributed by atoms with Gasteiger partial charge in [-0.2, -0.15) is 0 Å². The van der Waals surface area contributed by atoms with Crippen molar-refractivity contribution < 1.29 is 4.74 Å². The molecule has 1 rings (SSSR count). The van der Waals surface area contributed by atoms with E-state index in [0.29, 0.717) is 0 Å². The van der Waals surface area contributed by atoms with E-state index in [1.54, 1.807) is 7.11 Å². The van der Waals surface area contributed by atoms with E-state index in [-0.39, 0.29) is 0 Å². The maximum Gasteiger partial charge on any atom is 0.165 e. The molecule has 1 radical (unpaired) electrons. The van der Waals surface area contributed by atoms with Crippen LogP contribution in [0.4, 0.5) is 0 Å². The summed E-state index contributed by atoms with van der Waals surface area (Å²) in [5.41, 5.74) is 0. The van der Waals surface area contributed by atoms with Crippen LogP contribution in [0.3, 0.4) is 0 Å². The van der Waals surface area contributed by atoms with E-state index < -0.39 is 0 Å². The van der Waals surface area contributed by atoms with Crippen LogP contribution in [0.5, 0.6) is 0 Å². The van der Waals surface area contributed by atoms with Gasteiger partial charge in [0.1, 0.15) is 0 Å². The molecule has 2 nitrogen and oxygen atoms in total. The highest BCUT2D eigenvalue weighted by Gasteiger charge is 2.01. The lowest BCUT2D eigenvalue weighted by atomic mass is 10.6. The molecule has 0 unspecified atom stereocenters. The van der Waals surface area contributed by atoms with Gasteiger partial charge in [0.15, 0.2) is 5.09 Å².